The Balaban J connectivity index is 2.10. The van der Waals surface area contributed by atoms with E-state index in [-0.39, 0.29) is 5.56 Å². The molecule has 1 aliphatic carbocycles. The predicted octanol–water partition coefficient (Wildman–Crippen LogP) is 3.61. The monoisotopic (exact) mass is 294 g/mol. The molecule has 0 bridgehead atoms. The van der Waals surface area contributed by atoms with Crippen LogP contribution in [0.2, 0.25) is 0 Å². The number of aromatic amines is 1. The maximum Gasteiger partial charge on any atom is 0.260 e. The van der Waals surface area contributed by atoms with Gasteiger partial charge in [0.25, 0.3) is 5.56 Å². The van der Waals surface area contributed by atoms with Gasteiger partial charge in [-0.05, 0) is 37.2 Å². The lowest BCUT2D eigenvalue weighted by atomic mass is 9.89. The van der Waals surface area contributed by atoms with Crippen molar-refractivity contribution >= 4 is 33.3 Å². The Hall–Kier alpha value is -0.810. The van der Waals surface area contributed by atoms with Crippen LogP contribution in [-0.2, 0) is 12.8 Å². The largest absolute Gasteiger partial charge is 0.301 e. The van der Waals surface area contributed by atoms with Gasteiger partial charge in [-0.2, -0.15) is 0 Å². The Morgan fingerprint density at radius 2 is 2.37 bits per heavy atom. The number of nitrogens with one attached hydrogen (secondary N) is 1. The van der Waals surface area contributed by atoms with Crippen molar-refractivity contribution in [2.45, 2.75) is 44.7 Å². The summed E-state index contributed by atoms with van der Waals surface area (Å²) in [7, 11) is 0. The molecule has 0 fully saturated rings. The third-order valence-corrected chi connectivity index (χ3v) is 5.85. The first-order valence-electron chi connectivity index (χ1n) is 6.86. The van der Waals surface area contributed by atoms with Crippen LogP contribution in [0.1, 0.15) is 37.1 Å². The number of hydrogen-bond acceptors (Lipinski definition) is 4. The highest BCUT2D eigenvalue weighted by molar-refractivity contribution is 7.99. The number of rotatable bonds is 3. The number of H-pyrrole nitrogens is 1. The molecule has 2 heterocycles. The number of thioether (sulfide) groups is 1. The van der Waals surface area contributed by atoms with E-state index < -0.39 is 0 Å². The molecule has 0 aromatic carbocycles. The molecule has 0 saturated heterocycles. The van der Waals surface area contributed by atoms with Crippen molar-refractivity contribution in [3.8, 4) is 0 Å². The summed E-state index contributed by atoms with van der Waals surface area (Å²) in [4.78, 5) is 22.2. The van der Waals surface area contributed by atoms with Crippen LogP contribution in [0, 0.1) is 5.92 Å². The standard InChI is InChI=1S/C14H18N2OS2/c1-3-6-18-14-15-12(17)11-9-7-8(2)4-5-10(9)19-13(11)16-14/h8H,3-7H2,1-2H3,(H,15,16,17)/t8-/m1/s1. The molecule has 0 unspecified atom stereocenters. The van der Waals surface area contributed by atoms with Crippen molar-refractivity contribution < 1.29 is 0 Å². The molecule has 0 amide bonds. The fraction of sp³-hybridized carbons (Fsp3) is 0.571. The van der Waals surface area contributed by atoms with E-state index in [1.165, 1.54) is 16.9 Å². The van der Waals surface area contributed by atoms with Crippen LogP contribution < -0.4 is 5.56 Å². The molecule has 3 rings (SSSR count). The maximum absolute atomic E-state index is 12.3. The number of hydrogen-bond donors (Lipinski definition) is 1. The van der Waals surface area contributed by atoms with Crippen LogP contribution in [0.4, 0.5) is 0 Å². The van der Waals surface area contributed by atoms with Gasteiger partial charge in [0.05, 0.1) is 5.39 Å². The van der Waals surface area contributed by atoms with Gasteiger partial charge < -0.3 is 4.98 Å². The zero-order chi connectivity index (χ0) is 13.4. The van der Waals surface area contributed by atoms with Crippen LogP contribution in [0.5, 0.6) is 0 Å². The summed E-state index contributed by atoms with van der Waals surface area (Å²) in [5, 5.41) is 1.62. The molecule has 0 spiro atoms. The molecule has 102 valence electrons. The second kappa shape index (κ2) is 5.29. The topological polar surface area (TPSA) is 45.8 Å². The second-order valence-electron chi connectivity index (χ2n) is 5.25. The van der Waals surface area contributed by atoms with Gasteiger partial charge in [-0.3, -0.25) is 4.79 Å². The third-order valence-electron chi connectivity index (χ3n) is 3.58. The summed E-state index contributed by atoms with van der Waals surface area (Å²) in [6, 6.07) is 0. The van der Waals surface area contributed by atoms with E-state index >= 15 is 0 Å². The lowest BCUT2D eigenvalue weighted by Crippen LogP contribution is -2.14. The molecular formula is C14H18N2OS2. The lowest BCUT2D eigenvalue weighted by Gasteiger charge is -2.17. The van der Waals surface area contributed by atoms with Crippen molar-refractivity contribution in [1.29, 1.82) is 0 Å². The summed E-state index contributed by atoms with van der Waals surface area (Å²) in [5.41, 5.74) is 1.31. The summed E-state index contributed by atoms with van der Waals surface area (Å²) >= 11 is 3.36. The van der Waals surface area contributed by atoms with Crippen molar-refractivity contribution in [3.05, 3.63) is 20.8 Å². The van der Waals surface area contributed by atoms with Crippen LogP contribution >= 0.6 is 23.1 Å². The molecule has 0 aliphatic heterocycles. The molecule has 5 heteroatoms. The molecule has 3 nitrogen and oxygen atoms in total. The van der Waals surface area contributed by atoms with Crippen molar-refractivity contribution in [2.24, 2.45) is 5.92 Å². The van der Waals surface area contributed by atoms with E-state index in [9.17, 15) is 4.79 Å². The van der Waals surface area contributed by atoms with Crippen molar-refractivity contribution in [1.82, 2.24) is 9.97 Å². The number of aromatic nitrogens is 2. The van der Waals surface area contributed by atoms with Crippen LogP contribution in [0.3, 0.4) is 0 Å². The van der Waals surface area contributed by atoms with Crippen LogP contribution in [-0.4, -0.2) is 15.7 Å². The van der Waals surface area contributed by atoms with Crippen LogP contribution in [0.15, 0.2) is 9.95 Å². The zero-order valence-corrected chi connectivity index (χ0v) is 12.9. The lowest BCUT2D eigenvalue weighted by molar-refractivity contribution is 0.508. The molecular weight excluding hydrogens is 276 g/mol. The zero-order valence-electron chi connectivity index (χ0n) is 11.3. The SMILES string of the molecule is CCCSc1nc2sc3c(c2c(=O)[nH]1)C[C@H](C)CC3. The molecule has 0 saturated carbocycles. The van der Waals surface area contributed by atoms with Gasteiger partial charge in [-0.25, -0.2) is 4.98 Å². The minimum Gasteiger partial charge on any atom is -0.301 e. The van der Waals surface area contributed by atoms with Gasteiger partial charge in [0.15, 0.2) is 5.16 Å². The van der Waals surface area contributed by atoms with Gasteiger partial charge in [-0.1, -0.05) is 25.6 Å². The summed E-state index contributed by atoms with van der Waals surface area (Å²) in [6.07, 6.45) is 4.45. The first kappa shape index (κ1) is 13.2. The number of fused-ring (bicyclic) bond motifs is 3. The Bertz CT molecular complexity index is 659. The highest BCUT2D eigenvalue weighted by atomic mass is 32.2. The van der Waals surface area contributed by atoms with Gasteiger partial charge in [-0.15, -0.1) is 11.3 Å². The van der Waals surface area contributed by atoms with Gasteiger partial charge >= 0.3 is 0 Å². The smallest absolute Gasteiger partial charge is 0.260 e. The van der Waals surface area contributed by atoms with E-state index in [0.717, 1.165) is 40.4 Å². The molecule has 1 aliphatic rings. The molecule has 1 atom stereocenters. The molecule has 2 aromatic heterocycles. The van der Waals surface area contributed by atoms with E-state index in [4.69, 9.17) is 0 Å². The normalized spacial score (nSPS) is 18.7. The summed E-state index contributed by atoms with van der Waals surface area (Å²) in [6.45, 7) is 4.40. The molecule has 1 N–H and O–H groups in total. The minimum absolute atomic E-state index is 0.0511. The summed E-state index contributed by atoms with van der Waals surface area (Å²) < 4.78 is 0. The van der Waals surface area contributed by atoms with Crippen LogP contribution in [0.25, 0.3) is 10.2 Å². The fourth-order valence-electron chi connectivity index (χ4n) is 2.60. The second-order valence-corrected chi connectivity index (χ2v) is 7.42. The first-order valence-corrected chi connectivity index (χ1v) is 8.66. The maximum atomic E-state index is 12.3. The van der Waals surface area contributed by atoms with Gasteiger partial charge in [0, 0.05) is 10.6 Å². The van der Waals surface area contributed by atoms with E-state index in [0.29, 0.717) is 5.92 Å². The third kappa shape index (κ3) is 2.46. The Morgan fingerprint density at radius 3 is 3.16 bits per heavy atom. The quantitative estimate of drug-likeness (QED) is 0.695. The fourth-order valence-corrected chi connectivity index (χ4v) is 4.60. The van der Waals surface area contributed by atoms with Crippen molar-refractivity contribution in [3.63, 3.8) is 0 Å². The molecule has 2 aromatic rings. The Morgan fingerprint density at radius 1 is 1.53 bits per heavy atom. The molecule has 19 heavy (non-hydrogen) atoms. The summed E-state index contributed by atoms with van der Waals surface area (Å²) in [5.74, 6) is 1.68. The van der Waals surface area contributed by atoms with E-state index in [1.807, 2.05) is 0 Å². The Kier molecular flexibility index (Phi) is 3.67. The number of thiophene rings is 1. The first-order chi connectivity index (χ1) is 9.19. The predicted molar refractivity (Wildman–Crippen MR) is 82.4 cm³/mol. The minimum atomic E-state index is 0.0511. The molecule has 0 radical (unpaired) electrons. The van der Waals surface area contributed by atoms with Gasteiger partial charge in [0.1, 0.15) is 4.83 Å². The number of nitrogens with zero attached hydrogens (tertiary/aromatic N) is 1. The highest BCUT2D eigenvalue weighted by Gasteiger charge is 2.23. The number of aryl methyl sites for hydroxylation is 1. The highest BCUT2D eigenvalue weighted by Crippen LogP contribution is 2.36. The van der Waals surface area contributed by atoms with Gasteiger partial charge in [0.2, 0.25) is 0 Å². The van der Waals surface area contributed by atoms with Crippen molar-refractivity contribution in [2.75, 3.05) is 5.75 Å². The average molecular weight is 294 g/mol. The van der Waals surface area contributed by atoms with E-state index in [1.54, 1.807) is 23.1 Å². The average Bonchev–Trinajstić information content (AvgIpc) is 2.74. The Labute approximate surface area is 120 Å². The van der Waals surface area contributed by atoms with E-state index in [2.05, 4.69) is 23.8 Å².